The first-order valence-corrected chi connectivity index (χ1v) is 5.70. The third-order valence-corrected chi connectivity index (χ3v) is 2.86. The number of aromatic nitrogens is 1. The predicted octanol–water partition coefficient (Wildman–Crippen LogP) is 1.38. The molecule has 0 aliphatic carbocycles. The Labute approximate surface area is 86.1 Å². The largest absolute Gasteiger partial charge is 0.325 e. The zero-order valence-corrected chi connectivity index (χ0v) is 8.37. The summed E-state index contributed by atoms with van der Waals surface area (Å²) in [7, 11) is 0.0141. The van der Waals surface area contributed by atoms with Crippen LogP contribution < -0.4 is 5.56 Å². The fourth-order valence-electron chi connectivity index (χ4n) is 0.948. The molecule has 0 fully saturated rings. The number of hydrogen-bond donors (Lipinski definition) is 1. The monoisotopic (exact) mass is 261 g/mol. The van der Waals surface area contributed by atoms with E-state index in [0.717, 1.165) is 0 Å². The average Bonchev–Trinajstić information content (AvgIpc) is 2.05. The van der Waals surface area contributed by atoms with E-state index in [4.69, 9.17) is 10.7 Å². The molecule has 0 aliphatic heterocycles. The summed E-state index contributed by atoms with van der Waals surface area (Å²) < 4.78 is 59.0. The molecule has 9 heteroatoms. The van der Waals surface area contributed by atoms with Crippen molar-refractivity contribution < 1.29 is 21.6 Å². The Kier molecular flexibility index (Phi) is 3.10. The standard InChI is InChI=1S/C6H3ClF3NO3S/c7-15(13,14)4-3(5(9)10)2(8)1-11-6(4)12/h1,5H,(H,11,12). The van der Waals surface area contributed by atoms with Crippen molar-refractivity contribution in [2.75, 3.05) is 0 Å². The number of hydrogen-bond acceptors (Lipinski definition) is 3. The van der Waals surface area contributed by atoms with Crippen LogP contribution in [0.15, 0.2) is 15.9 Å². The fourth-order valence-corrected chi connectivity index (χ4v) is 2.14. The minimum Gasteiger partial charge on any atom is -0.325 e. The summed E-state index contributed by atoms with van der Waals surface area (Å²) in [6.45, 7) is 0. The Bertz CT molecular complexity index is 539. The van der Waals surface area contributed by atoms with Crippen molar-refractivity contribution in [3.63, 3.8) is 0 Å². The molecule has 1 aromatic rings. The van der Waals surface area contributed by atoms with E-state index in [1.165, 1.54) is 0 Å². The van der Waals surface area contributed by atoms with Crippen LogP contribution in [0.4, 0.5) is 13.2 Å². The maximum atomic E-state index is 12.8. The highest BCUT2D eigenvalue weighted by Gasteiger charge is 2.28. The smallest absolute Gasteiger partial charge is 0.268 e. The van der Waals surface area contributed by atoms with Crippen molar-refractivity contribution in [1.29, 1.82) is 0 Å². The molecule has 0 aromatic carbocycles. The van der Waals surface area contributed by atoms with Gasteiger partial charge in [-0.3, -0.25) is 4.79 Å². The Morgan fingerprint density at radius 1 is 1.40 bits per heavy atom. The maximum absolute atomic E-state index is 12.8. The molecule has 0 saturated heterocycles. The third-order valence-electron chi connectivity index (χ3n) is 1.50. The zero-order chi connectivity index (χ0) is 11.8. The molecule has 0 spiro atoms. The van der Waals surface area contributed by atoms with Crippen LogP contribution in [-0.2, 0) is 9.05 Å². The van der Waals surface area contributed by atoms with E-state index in [2.05, 4.69) is 0 Å². The van der Waals surface area contributed by atoms with Crippen LogP contribution in [0.1, 0.15) is 12.0 Å². The molecule has 0 unspecified atom stereocenters. The number of alkyl halides is 2. The first-order valence-electron chi connectivity index (χ1n) is 3.39. The van der Waals surface area contributed by atoms with Gasteiger partial charge in [-0.15, -0.1) is 0 Å². The molecule has 0 atom stereocenters. The summed E-state index contributed by atoms with van der Waals surface area (Å²) in [5.41, 5.74) is -2.91. The van der Waals surface area contributed by atoms with Crippen molar-refractivity contribution in [2.24, 2.45) is 0 Å². The second-order valence-electron chi connectivity index (χ2n) is 2.45. The van der Waals surface area contributed by atoms with Gasteiger partial charge in [-0.05, 0) is 0 Å². The molecule has 1 aromatic heterocycles. The Morgan fingerprint density at radius 3 is 2.27 bits per heavy atom. The molecule has 84 valence electrons. The second-order valence-corrected chi connectivity index (χ2v) is 4.95. The molecule has 0 bridgehead atoms. The van der Waals surface area contributed by atoms with Gasteiger partial charge in [0.25, 0.3) is 21.0 Å². The van der Waals surface area contributed by atoms with Gasteiger partial charge < -0.3 is 4.98 Å². The number of aromatic amines is 1. The van der Waals surface area contributed by atoms with Crippen molar-refractivity contribution in [1.82, 2.24) is 4.98 Å². The van der Waals surface area contributed by atoms with Crippen molar-refractivity contribution in [3.8, 4) is 0 Å². The van der Waals surface area contributed by atoms with Gasteiger partial charge in [0.05, 0.1) is 5.56 Å². The average molecular weight is 262 g/mol. The first kappa shape index (κ1) is 12.1. The predicted molar refractivity (Wildman–Crippen MR) is 45.0 cm³/mol. The first-order chi connectivity index (χ1) is 6.75. The van der Waals surface area contributed by atoms with E-state index in [9.17, 15) is 26.4 Å². The van der Waals surface area contributed by atoms with Crippen LogP contribution in [0.25, 0.3) is 0 Å². The summed E-state index contributed by atoms with van der Waals surface area (Å²) >= 11 is 0. The number of nitrogens with one attached hydrogen (secondary N) is 1. The van der Waals surface area contributed by atoms with Crippen molar-refractivity contribution in [2.45, 2.75) is 11.3 Å². The van der Waals surface area contributed by atoms with Gasteiger partial charge in [0, 0.05) is 16.9 Å². The number of rotatable bonds is 2. The molecule has 1 heterocycles. The van der Waals surface area contributed by atoms with Gasteiger partial charge in [-0.2, -0.15) is 0 Å². The van der Waals surface area contributed by atoms with Crippen LogP contribution >= 0.6 is 10.7 Å². The van der Waals surface area contributed by atoms with Crippen LogP contribution in [0.2, 0.25) is 0 Å². The van der Waals surface area contributed by atoms with E-state index in [1.807, 2.05) is 0 Å². The molecule has 15 heavy (non-hydrogen) atoms. The minimum atomic E-state index is -4.72. The highest BCUT2D eigenvalue weighted by Crippen LogP contribution is 2.27. The number of halogens is 4. The molecule has 1 N–H and O–H groups in total. The molecule has 4 nitrogen and oxygen atoms in total. The summed E-state index contributed by atoms with van der Waals surface area (Å²) in [5.74, 6) is -1.54. The SMILES string of the molecule is O=c1[nH]cc(F)c(C(F)F)c1S(=O)(=O)Cl. The number of H-pyrrole nitrogens is 1. The highest BCUT2D eigenvalue weighted by molar-refractivity contribution is 8.13. The van der Waals surface area contributed by atoms with Crippen LogP contribution in [0, 0.1) is 5.82 Å². The lowest BCUT2D eigenvalue weighted by Crippen LogP contribution is -2.19. The van der Waals surface area contributed by atoms with Gasteiger partial charge in [-0.1, -0.05) is 0 Å². The molecule has 1 rings (SSSR count). The molecule has 0 radical (unpaired) electrons. The molecule has 0 amide bonds. The molecule has 0 aliphatic rings. The summed E-state index contributed by atoms with van der Waals surface area (Å²) in [6.07, 6.45) is -3.11. The summed E-state index contributed by atoms with van der Waals surface area (Å²) in [4.78, 5) is 11.1. The van der Waals surface area contributed by atoms with Gasteiger partial charge in [-0.25, -0.2) is 21.6 Å². The normalized spacial score (nSPS) is 12.1. The van der Waals surface area contributed by atoms with E-state index in [0.29, 0.717) is 6.20 Å². The van der Waals surface area contributed by atoms with Crippen LogP contribution in [-0.4, -0.2) is 13.4 Å². The van der Waals surface area contributed by atoms with E-state index in [1.54, 1.807) is 4.98 Å². The summed E-state index contributed by atoms with van der Waals surface area (Å²) in [6, 6.07) is 0. The third kappa shape index (κ3) is 2.32. The maximum Gasteiger partial charge on any atom is 0.268 e. The van der Waals surface area contributed by atoms with Crippen LogP contribution in [0.5, 0.6) is 0 Å². The van der Waals surface area contributed by atoms with E-state index < -0.39 is 37.3 Å². The zero-order valence-electron chi connectivity index (χ0n) is 6.80. The Balaban J connectivity index is 3.77. The molecular weight excluding hydrogens is 259 g/mol. The summed E-state index contributed by atoms with van der Waals surface area (Å²) in [5, 5.41) is 0. The van der Waals surface area contributed by atoms with Crippen molar-refractivity contribution in [3.05, 3.63) is 27.9 Å². The topological polar surface area (TPSA) is 67.0 Å². The van der Waals surface area contributed by atoms with Gasteiger partial charge in [0.1, 0.15) is 5.82 Å². The van der Waals surface area contributed by atoms with Gasteiger partial charge in [0.15, 0.2) is 4.90 Å². The van der Waals surface area contributed by atoms with E-state index in [-0.39, 0.29) is 0 Å². The molecular formula is C6H3ClF3NO3S. The highest BCUT2D eigenvalue weighted by atomic mass is 35.7. The Morgan fingerprint density at radius 2 is 1.93 bits per heavy atom. The quantitative estimate of drug-likeness (QED) is 0.818. The Hall–Kier alpha value is -1.02. The molecule has 0 saturated carbocycles. The van der Waals surface area contributed by atoms with Gasteiger partial charge >= 0.3 is 0 Å². The fraction of sp³-hybridized carbons (Fsp3) is 0.167. The lowest BCUT2D eigenvalue weighted by atomic mass is 10.2. The number of pyridine rings is 1. The van der Waals surface area contributed by atoms with E-state index >= 15 is 0 Å². The lowest BCUT2D eigenvalue weighted by Gasteiger charge is -2.05. The lowest BCUT2D eigenvalue weighted by molar-refractivity contribution is 0.142. The second kappa shape index (κ2) is 3.86. The van der Waals surface area contributed by atoms with Crippen molar-refractivity contribution >= 4 is 19.7 Å². The van der Waals surface area contributed by atoms with Crippen LogP contribution in [0.3, 0.4) is 0 Å². The van der Waals surface area contributed by atoms with Gasteiger partial charge in [0.2, 0.25) is 0 Å². The minimum absolute atomic E-state index is 0.343.